The van der Waals surface area contributed by atoms with Gasteiger partial charge in [-0.3, -0.25) is 9.59 Å². The number of amides is 3. The van der Waals surface area contributed by atoms with E-state index in [2.05, 4.69) is 30.8 Å². The summed E-state index contributed by atoms with van der Waals surface area (Å²) in [4.78, 5) is 36.9. The van der Waals surface area contributed by atoms with Gasteiger partial charge in [0.15, 0.2) is 0 Å². The number of carbonyl (C=O) groups is 3. The molecule has 1 rings (SSSR count). The first kappa shape index (κ1) is 30.2. The third-order valence-electron chi connectivity index (χ3n) is 5.66. The summed E-state index contributed by atoms with van der Waals surface area (Å²) in [5, 5.41) is 2.95. The molecule has 0 aromatic rings. The number of carbonyl (C=O) groups excluding carboxylic acids is 3. The number of nitrogens with two attached hydrogens (primary N) is 1. The first-order valence-corrected chi connectivity index (χ1v) is 12.5. The highest BCUT2D eigenvalue weighted by Gasteiger charge is 2.34. The average Bonchev–Trinajstić information content (AvgIpc) is 3.18. The van der Waals surface area contributed by atoms with E-state index in [4.69, 9.17) is 5.73 Å². The molecule has 7 heteroatoms. The number of hydrogen-bond donors (Lipinski definition) is 2. The highest BCUT2D eigenvalue weighted by atomic mass is 16.6. The van der Waals surface area contributed by atoms with Crippen LogP contribution in [0.5, 0.6) is 0 Å². The molecule has 3 N–H and O–H groups in total. The summed E-state index contributed by atoms with van der Waals surface area (Å²) in [6, 6.07) is -0.237. The zero-order valence-corrected chi connectivity index (χ0v) is 21.7. The van der Waals surface area contributed by atoms with E-state index in [0.29, 0.717) is 24.8 Å². The Kier molecular flexibility index (Phi) is 15.0. The van der Waals surface area contributed by atoms with E-state index < -0.39 is 11.7 Å². The number of rotatable bonds is 11. The van der Waals surface area contributed by atoms with E-state index in [1.54, 1.807) is 20.8 Å². The van der Waals surface area contributed by atoms with E-state index in [-0.39, 0.29) is 17.9 Å². The maximum Gasteiger partial charge on any atom is 0.405 e. The fourth-order valence-corrected chi connectivity index (χ4v) is 4.00. The summed E-state index contributed by atoms with van der Waals surface area (Å²) in [6.07, 6.45) is 8.50. The van der Waals surface area contributed by atoms with Crippen molar-refractivity contribution in [3.63, 3.8) is 0 Å². The Morgan fingerprint density at radius 2 is 1.81 bits per heavy atom. The van der Waals surface area contributed by atoms with Crippen molar-refractivity contribution in [1.82, 2.24) is 10.2 Å². The molecule has 0 aliphatic carbocycles. The second-order valence-corrected chi connectivity index (χ2v) is 10.0. The highest BCUT2D eigenvalue weighted by Crippen LogP contribution is 2.26. The Morgan fingerprint density at radius 3 is 2.28 bits per heavy atom. The minimum Gasteiger partial charge on any atom is -0.444 e. The molecular weight excluding hydrogens is 406 g/mol. The van der Waals surface area contributed by atoms with Crippen LogP contribution in [-0.2, 0) is 14.3 Å². The largest absolute Gasteiger partial charge is 0.444 e. The van der Waals surface area contributed by atoms with Gasteiger partial charge < -0.3 is 20.7 Å². The topological polar surface area (TPSA) is 102 Å². The molecule has 0 saturated carbocycles. The van der Waals surface area contributed by atoms with Gasteiger partial charge in [-0.2, -0.15) is 0 Å². The smallest absolute Gasteiger partial charge is 0.405 e. The van der Waals surface area contributed by atoms with Crippen molar-refractivity contribution in [3.8, 4) is 0 Å². The molecule has 1 aliphatic rings. The standard InChI is InChI=1S/C20H38N2O2.C5H11NO2/c1-5-8-10-16(4)14-17(7-3)15-19(23)22-13-9-11-18(22)20(24)21-12-6-2;1-5(2,3)8-4(6)7/h16-18H,5-15H2,1-4H3,(H,21,24);1-3H3,(H2,6,7). The Morgan fingerprint density at radius 1 is 1.16 bits per heavy atom. The molecule has 0 bridgehead atoms. The van der Waals surface area contributed by atoms with Crippen LogP contribution in [0.1, 0.15) is 106 Å². The number of primary amides is 1. The maximum absolute atomic E-state index is 12.7. The van der Waals surface area contributed by atoms with Crippen molar-refractivity contribution in [2.45, 2.75) is 118 Å². The van der Waals surface area contributed by atoms with Crippen LogP contribution < -0.4 is 11.1 Å². The molecule has 32 heavy (non-hydrogen) atoms. The van der Waals surface area contributed by atoms with Crippen LogP contribution in [0.2, 0.25) is 0 Å². The van der Waals surface area contributed by atoms with E-state index >= 15 is 0 Å². The van der Waals surface area contributed by atoms with Crippen molar-refractivity contribution >= 4 is 17.9 Å². The van der Waals surface area contributed by atoms with E-state index in [9.17, 15) is 14.4 Å². The number of unbranched alkanes of at least 4 members (excludes halogenated alkanes) is 1. The predicted molar refractivity (Wildman–Crippen MR) is 130 cm³/mol. The second kappa shape index (κ2) is 15.9. The average molecular weight is 456 g/mol. The van der Waals surface area contributed by atoms with Crippen molar-refractivity contribution < 1.29 is 19.1 Å². The molecule has 1 heterocycles. The van der Waals surface area contributed by atoms with Gasteiger partial charge >= 0.3 is 6.09 Å². The van der Waals surface area contributed by atoms with Gasteiger partial charge in [-0.25, -0.2) is 4.79 Å². The van der Waals surface area contributed by atoms with Crippen LogP contribution in [0.15, 0.2) is 0 Å². The molecule has 7 nitrogen and oxygen atoms in total. The molecular formula is C25H49N3O4. The Labute approximate surface area is 196 Å². The number of ether oxygens (including phenoxy) is 1. The first-order valence-electron chi connectivity index (χ1n) is 12.5. The quantitative estimate of drug-likeness (QED) is 0.457. The van der Waals surface area contributed by atoms with Crippen molar-refractivity contribution in [2.75, 3.05) is 13.1 Å². The van der Waals surface area contributed by atoms with E-state index in [0.717, 1.165) is 38.6 Å². The fraction of sp³-hybridized carbons (Fsp3) is 0.880. The zero-order valence-electron chi connectivity index (χ0n) is 21.7. The molecule has 1 fully saturated rings. The SMILES string of the molecule is CC(C)(C)OC(N)=O.CCCCC(C)CC(CC)CC(=O)N1CCCC1C(=O)NCCC. The van der Waals surface area contributed by atoms with Gasteiger partial charge in [0.1, 0.15) is 11.6 Å². The number of nitrogens with one attached hydrogen (secondary N) is 1. The normalized spacial score (nSPS) is 17.7. The van der Waals surface area contributed by atoms with Crippen LogP contribution in [-0.4, -0.2) is 47.5 Å². The van der Waals surface area contributed by atoms with Crippen LogP contribution in [0.25, 0.3) is 0 Å². The van der Waals surface area contributed by atoms with Crippen molar-refractivity contribution in [2.24, 2.45) is 17.6 Å². The minimum atomic E-state index is -0.725. The molecule has 188 valence electrons. The van der Waals surface area contributed by atoms with Gasteiger partial charge in [-0.1, -0.05) is 53.4 Å². The van der Waals surface area contributed by atoms with E-state index in [1.165, 1.54) is 19.3 Å². The van der Waals surface area contributed by atoms with Gasteiger partial charge in [0.25, 0.3) is 0 Å². The summed E-state index contributed by atoms with van der Waals surface area (Å²) in [6.45, 7) is 15.5. The molecule has 1 aliphatic heterocycles. The number of nitrogens with zero attached hydrogens (tertiary/aromatic N) is 1. The molecule has 3 amide bonds. The minimum absolute atomic E-state index is 0.0343. The fourth-order valence-electron chi connectivity index (χ4n) is 4.00. The lowest BCUT2D eigenvalue weighted by Crippen LogP contribution is -2.46. The van der Waals surface area contributed by atoms with Gasteiger partial charge in [0.2, 0.25) is 11.8 Å². The van der Waals surface area contributed by atoms with Gasteiger partial charge in [0, 0.05) is 19.5 Å². The summed E-state index contributed by atoms with van der Waals surface area (Å²) in [5.74, 6) is 1.35. The summed E-state index contributed by atoms with van der Waals surface area (Å²) >= 11 is 0. The molecule has 3 unspecified atom stereocenters. The predicted octanol–water partition coefficient (Wildman–Crippen LogP) is 5.02. The molecule has 0 aromatic heterocycles. The van der Waals surface area contributed by atoms with Gasteiger partial charge in [0.05, 0.1) is 0 Å². The van der Waals surface area contributed by atoms with E-state index in [1.807, 2.05) is 11.8 Å². The van der Waals surface area contributed by atoms with Crippen LogP contribution in [0, 0.1) is 11.8 Å². The van der Waals surface area contributed by atoms with Crippen LogP contribution in [0.4, 0.5) is 4.79 Å². The Bertz CT molecular complexity index is 560. The zero-order chi connectivity index (χ0) is 24.7. The lowest BCUT2D eigenvalue weighted by Gasteiger charge is -2.27. The Balaban J connectivity index is 0.00000102. The molecule has 0 spiro atoms. The number of hydrogen-bond acceptors (Lipinski definition) is 4. The summed E-state index contributed by atoms with van der Waals surface area (Å²) in [7, 11) is 0. The maximum atomic E-state index is 12.7. The summed E-state index contributed by atoms with van der Waals surface area (Å²) in [5.41, 5.74) is 4.26. The van der Waals surface area contributed by atoms with Crippen molar-refractivity contribution in [1.29, 1.82) is 0 Å². The third-order valence-corrected chi connectivity index (χ3v) is 5.66. The Hall–Kier alpha value is -1.79. The van der Waals surface area contributed by atoms with Crippen LogP contribution in [0.3, 0.4) is 0 Å². The highest BCUT2D eigenvalue weighted by molar-refractivity contribution is 5.88. The molecule has 3 atom stereocenters. The number of likely N-dealkylation sites (tertiary alicyclic amines) is 1. The lowest BCUT2D eigenvalue weighted by atomic mass is 9.88. The van der Waals surface area contributed by atoms with Crippen molar-refractivity contribution in [3.05, 3.63) is 0 Å². The monoisotopic (exact) mass is 455 g/mol. The third kappa shape index (κ3) is 13.6. The molecule has 0 aromatic carbocycles. The second-order valence-electron chi connectivity index (χ2n) is 10.0. The molecule has 1 saturated heterocycles. The van der Waals surface area contributed by atoms with Gasteiger partial charge in [-0.05, 0) is 58.3 Å². The first-order chi connectivity index (χ1) is 14.9. The summed E-state index contributed by atoms with van der Waals surface area (Å²) < 4.78 is 4.58. The van der Waals surface area contributed by atoms with Gasteiger partial charge in [-0.15, -0.1) is 0 Å². The molecule has 0 radical (unpaired) electrons. The lowest BCUT2D eigenvalue weighted by molar-refractivity contribution is -0.139. The van der Waals surface area contributed by atoms with Crippen LogP contribution >= 0.6 is 0 Å².